The van der Waals surface area contributed by atoms with Crippen LogP contribution in [0.25, 0.3) is 0 Å². The Balaban J connectivity index is 3.19. The highest BCUT2D eigenvalue weighted by Crippen LogP contribution is 2.32. The molecular formula is C9H8BrClO2. The number of aldehydes is 1. The van der Waals surface area contributed by atoms with Crippen LogP contribution in [-0.4, -0.2) is 12.9 Å². The van der Waals surface area contributed by atoms with Crippen LogP contribution in [0.4, 0.5) is 0 Å². The van der Waals surface area contributed by atoms with Gasteiger partial charge in [-0.2, -0.15) is 0 Å². The lowest BCUT2D eigenvalue weighted by molar-refractivity contribution is 0.112. The van der Waals surface area contributed by atoms with Crippen LogP contribution < -0.4 is 4.74 Å². The Bertz CT molecular complexity index is 326. The third kappa shape index (κ3) is 2.23. The van der Waals surface area contributed by atoms with Crippen molar-refractivity contribution in [3.05, 3.63) is 27.2 Å². The number of hydrogen-bond acceptors (Lipinski definition) is 2. The molecule has 0 unspecified atom stereocenters. The van der Waals surface area contributed by atoms with Crippen molar-refractivity contribution >= 4 is 33.8 Å². The van der Waals surface area contributed by atoms with Crippen LogP contribution in [0.3, 0.4) is 0 Å². The number of benzene rings is 1. The number of halogens is 2. The van der Waals surface area contributed by atoms with E-state index in [0.29, 0.717) is 33.7 Å². The first-order valence-corrected chi connectivity index (χ1v) is 4.93. The second kappa shape index (κ2) is 4.63. The highest BCUT2D eigenvalue weighted by Gasteiger charge is 2.09. The van der Waals surface area contributed by atoms with Crippen molar-refractivity contribution in [3.8, 4) is 5.75 Å². The average Bonchev–Trinajstić information content (AvgIpc) is 2.11. The van der Waals surface area contributed by atoms with Crippen LogP contribution in [-0.2, 0) is 0 Å². The summed E-state index contributed by atoms with van der Waals surface area (Å²) >= 11 is 9.13. The Kier molecular flexibility index (Phi) is 3.75. The van der Waals surface area contributed by atoms with Gasteiger partial charge in [0.25, 0.3) is 0 Å². The van der Waals surface area contributed by atoms with E-state index in [4.69, 9.17) is 16.3 Å². The first kappa shape index (κ1) is 10.5. The van der Waals surface area contributed by atoms with Gasteiger partial charge in [0.1, 0.15) is 5.75 Å². The van der Waals surface area contributed by atoms with E-state index in [1.165, 1.54) is 0 Å². The topological polar surface area (TPSA) is 26.3 Å². The van der Waals surface area contributed by atoms with Crippen molar-refractivity contribution in [1.82, 2.24) is 0 Å². The van der Waals surface area contributed by atoms with Gasteiger partial charge in [-0.05, 0) is 35.0 Å². The molecule has 13 heavy (non-hydrogen) atoms. The third-order valence-corrected chi connectivity index (χ3v) is 2.59. The summed E-state index contributed by atoms with van der Waals surface area (Å²) in [6.45, 7) is 2.39. The lowest BCUT2D eigenvalue weighted by Gasteiger charge is -2.07. The maximum absolute atomic E-state index is 10.6. The minimum Gasteiger partial charge on any atom is -0.492 e. The van der Waals surface area contributed by atoms with Crippen LogP contribution in [0, 0.1) is 0 Å². The second-order valence-corrected chi connectivity index (χ2v) is 3.56. The molecular weight excluding hydrogens is 255 g/mol. The van der Waals surface area contributed by atoms with Crippen LogP contribution in [0.15, 0.2) is 16.6 Å². The summed E-state index contributed by atoms with van der Waals surface area (Å²) in [5.74, 6) is 0.537. The standard InChI is InChI=1S/C9H8BrClO2/c1-2-13-8-4-3-7(10)6(5-12)9(8)11/h3-5H,2H2,1H3. The van der Waals surface area contributed by atoms with Crippen LogP contribution in [0.5, 0.6) is 5.75 Å². The minimum absolute atomic E-state index is 0.353. The molecule has 0 N–H and O–H groups in total. The van der Waals surface area contributed by atoms with Gasteiger partial charge >= 0.3 is 0 Å². The van der Waals surface area contributed by atoms with E-state index >= 15 is 0 Å². The average molecular weight is 264 g/mol. The number of rotatable bonds is 3. The van der Waals surface area contributed by atoms with Crippen LogP contribution in [0.1, 0.15) is 17.3 Å². The molecule has 1 aromatic rings. The third-order valence-electron chi connectivity index (χ3n) is 1.51. The largest absolute Gasteiger partial charge is 0.492 e. The Labute approximate surface area is 90.0 Å². The van der Waals surface area contributed by atoms with E-state index in [0.717, 1.165) is 0 Å². The van der Waals surface area contributed by atoms with Crippen molar-refractivity contribution in [2.45, 2.75) is 6.92 Å². The Morgan fingerprint density at radius 2 is 2.31 bits per heavy atom. The van der Waals surface area contributed by atoms with E-state index in [9.17, 15) is 4.79 Å². The molecule has 0 heterocycles. The van der Waals surface area contributed by atoms with Gasteiger partial charge in [0.15, 0.2) is 6.29 Å². The van der Waals surface area contributed by atoms with Gasteiger partial charge in [0.05, 0.1) is 17.2 Å². The van der Waals surface area contributed by atoms with Gasteiger partial charge in [-0.15, -0.1) is 0 Å². The second-order valence-electron chi connectivity index (χ2n) is 2.32. The Hall–Kier alpha value is -0.540. The number of hydrogen-bond donors (Lipinski definition) is 0. The molecule has 4 heteroatoms. The summed E-state index contributed by atoms with van der Waals surface area (Å²) in [7, 11) is 0. The lowest BCUT2D eigenvalue weighted by Crippen LogP contribution is -1.95. The molecule has 0 fully saturated rings. The molecule has 0 aliphatic heterocycles. The van der Waals surface area contributed by atoms with Gasteiger partial charge in [-0.1, -0.05) is 11.6 Å². The predicted molar refractivity (Wildman–Crippen MR) is 55.7 cm³/mol. The van der Waals surface area contributed by atoms with E-state index in [1.54, 1.807) is 12.1 Å². The molecule has 0 aromatic heterocycles. The number of carbonyl (C=O) groups excluding carboxylic acids is 1. The van der Waals surface area contributed by atoms with Crippen LogP contribution in [0.2, 0.25) is 5.02 Å². The fourth-order valence-electron chi connectivity index (χ4n) is 0.924. The molecule has 0 aliphatic carbocycles. The zero-order chi connectivity index (χ0) is 9.84. The highest BCUT2D eigenvalue weighted by atomic mass is 79.9. The van der Waals surface area contributed by atoms with E-state index < -0.39 is 0 Å². The molecule has 0 amide bonds. The molecule has 0 saturated heterocycles. The molecule has 0 atom stereocenters. The quantitative estimate of drug-likeness (QED) is 0.782. The maximum Gasteiger partial charge on any atom is 0.152 e. The van der Waals surface area contributed by atoms with Gasteiger partial charge in [-0.25, -0.2) is 0 Å². The first-order valence-electron chi connectivity index (χ1n) is 3.76. The van der Waals surface area contributed by atoms with Crippen molar-refractivity contribution in [2.24, 2.45) is 0 Å². The molecule has 0 saturated carbocycles. The van der Waals surface area contributed by atoms with Crippen LogP contribution >= 0.6 is 27.5 Å². The Morgan fingerprint density at radius 1 is 1.62 bits per heavy atom. The predicted octanol–water partition coefficient (Wildman–Crippen LogP) is 3.31. The summed E-state index contributed by atoms with van der Waals surface area (Å²) in [5.41, 5.74) is 0.424. The summed E-state index contributed by atoms with van der Waals surface area (Å²) in [6.07, 6.45) is 0.703. The zero-order valence-corrected chi connectivity index (χ0v) is 9.35. The molecule has 0 spiro atoms. The normalized spacial score (nSPS) is 9.77. The fraction of sp³-hybridized carbons (Fsp3) is 0.222. The number of ether oxygens (including phenoxy) is 1. The molecule has 0 bridgehead atoms. The maximum atomic E-state index is 10.6. The molecule has 1 rings (SSSR count). The smallest absolute Gasteiger partial charge is 0.152 e. The molecule has 0 radical (unpaired) electrons. The summed E-state index contributed by atoms with van der Waals surface area (Å²) in [6, 6.07) is 3.46. The van der Waals surface area contributed by atoms with Crippen molar-refractivity contribution in [2.75, 3.05) is 6.61 Å². The van der Waals surface area contributed by atoms with Gasteiger partial charge in [-0.3, -0.25) is 4.79 Å². The highest BCUT2D eigenvalue weighted by molar-refractivity contribution is 9.10. The monoisotopic (exact) mass is 262 g/mol. The summed E-state index contributed by atoms with van der Waals surface area (Å²) in [5, 5.41) is 0.353. The summed E-state index contributed by atoms with van der Waals surface area (Å²) in [4.78, 5) is 10.6. The van der Waals surface area contributed by atoms with E-state index in [2.05, 4.69) is 15.9 Å². The SMILES string of the molecule is CCOc1ccc(Br)c(C=O)c1Cl. The first-order chi connectivity index (χ1) is 6.20. The van der Waals surface area contributed by atoms with Crippen molar-refractivity contribution < 1.29 is 9.53 Å². The molecule has 0 aliphatic rings. The molecule has 70 valence electrons. The van der Waals surface area contributed by atoms with Gasteiger partial charge in [0.2, 0.25) is 0 Å². The van der Waals surface area contributed by atoms with E-state index in [1.807, 2.05) is 6.92 Å². The van der Waals surface area contributed by atoms with E-state index in [-0.39, 0.29) is 0 Å². The molecule has 1 aromatic carbocycles. The lowest BCUT2D eigenvalue weighted by atomic mass is 10.2. The minimum atomic E-state index is 0.353. The van der Waals surface area contributed by atoms with Crippen molar-refractivity contribution in [1.29, 1.82) is 0 Å². The van der Waals surface area contributed by atoms with Gasteiger partial charge < -0.3 is 4.74 Å². The van der Waals surface area contributed by atoms with Gasteiger partial charge in [0, 0.05) is 4.47 Å². The number of carbonyl (C=O) groups is 1. The molecule has 2 nitrogen and oxygen atoms in total. The summed E-state index contributed by atoms with van der Waals surface area (Å²) < 4.78 is 5.90. The Morgan fingerprint density at radius 3 is 2.85 bits per heavy atom. The zero-order valence-electron chi connectivity index (χ0n) is 7.01. The van der Waals surface area contributed by atoms with Crippen molar-refractivity contribution in [3.63, 3.8) is 0 Å². The fourth-order valence-corrected chi connectivity index (χ4v) is 1.73.